The van der Waals surface area contributed by atoms with Gasteiger partial charge < -0.3 is 4.90 Å². The smallest absolute Gasteiger partial charge is 0.370 e. The number of piperidine rings is 1. The minimum absolute atomic E-state index is 0.0543. The van der Waals surface area contributed by atoms with Gasteiger partial charge in [-0.3, -0.25) is 0 Å². The van der Waals surface area contributed by atoms with Crippen LogP contribution in [-0.4, -0.2) is 19.3 Å². The molecule has 0 saturated carbocycles. The number of hydrogen-bond acceptors (Lipinski definition) is 2. The van der Waals surface area contributed by atoms with Gasteiger partial charge in [-0.25, -0.2) is 0 Å². The molecule has 1 fully saturated rings. The van der Waals surface area contributed by atoms with Crippen molar-refractivity contribution in [2.45, 2.75) is 25.9 Å². The van der Waals surface area contributed by atoms with Gasteiger partial charge in [0.2, 0.25) is 0 Å². The number of nitrogens with zero attached hydrogens (tertiary/aromatic N) is 2. The van der Waals surface area contributed by atoms with Gasteiger partial charge in [0, 0.05) is 13.1 Å². The number of rotatable bonds is 1. The molecule has 0 radical (unpaired) electrons. The molecule has 2 nitrogen and oxygen atoms in total. The van der Waals surface area contributed by atoms with Crippen LogP contribution in [0.5, 0.6) is 0 Å². The number of alkyl halides is 3. The molecule has 102 valence electrons. The Balaban J connectivity index is 2.25. The van der Waals surface area contributed by atoms with Crippen LogP contribution in [0.4, 0.5) is 18.9 Å². The van der Waals surface area contributed by atoms with E-state index in [1.807, 2.05) is 13.0 Å². The summed E-state index contributed by atoms with van der Waals surface area (Å²) in [6.07, 6.45) is -3.48. The van der Waals surface area contributed by atoms with Crippen molar-refractivity contribution >= 4 is 5.69 Å². The van der Waals surface area contributed by atoms with E-state index in [4.69, 9.17) is 5.26 Å². The van der Waals surface area contributed by atoms with Crippen molar-refractivity contribution in [3.05, 3.63) is 29.3 Å². The van der Waals surface area contributed by atoms with E-state index in [1.165, 1.54) is 0 Å². The van der Waals surface area contributed by atoms with Gasteiger partial charge in [-0.1, -0.05) is 6.07 Å². The summed E-state index contributed by atoms with van der Waals surface area (Å²) in [5.41, 5.74) is 1.99. The molecule has 1 atom stereocenters. The SMILES string of the molecule is Cc1ccc(N2CCCC(C(F)(F)F)C2)c(C#N)c1. The summed E-state index contributed by atoms with van der Waals surface area (Å²) in [7, 11) is 0. The van der Waals surface area contributed by atoms with Gasteiger partial charge in [-0.05, 0) is 37.5 Å². The number of nitriles is 1. The minimum atomic E-state index is -4.16. The first-order valence-corrected chi connectivity index (χ1v) is 6.24. The molecule has 5 heteroatoms. The fourth-order valence-corrected chi connectivity index (χ4v) is 2.48. The number of anilines is 1. The van der Waals surface area contributed by atoms with Crippen molar-refractivity contribution in [1.29, 1.82) is 5.26 Å². The monoisotopic (exact) mass is 268 g/mol. The van der Waals surface area contributed by atoms with E-state index in [1.54, 1.807) is 17.0 Å². The molecule has 1 aliphatic rings. The van der Waals surface area contributed by atoms with Gasteiger partial charge in [0.1, 0.15) is 6.07 Å². The molecule has 19 heavy (non-hydrogen) atoms. The van der Waals surface area contributed by atoms with E-state index in [-0.39, 0.29) is 13.0 Å². The van der Waals surface area contributed by atoms with Crippen LogP contribution < -0.4 is 4.90 Å². The van der Waals surface area contributed by atoms with E-state index in [2.05, 4.69) is 6.07 Å². The van der Waals surface area contributed by atoms with Gasteiger partial charge in [-0.15, -0.1) is 0 Å². The molecule has 1 unspecified atom stereocenters. The van der Waals surface area contributed by atoms with Crippen LogP contribution in [0, 0.1) is 24.2 Å². The van der Waals surface area contributed by atoms with Crippen molar-refractivity contribution in [2.24, 2.45) is 5.92 Å². The maximum Gasteiger partial charge on any atom is 0.393 e. The van der Waals surface area contributed by atoms with Gasteiger partial charge in [0.05, 0.1) is 17.2 Å². The van der Waals surface area contributed by atoms with Crippen molar-refractivity contribution in [1.82, 2.24) is 0 Å². The molecule has 1 aromatic carbocycles. The van der Waals surface area contributed by atoms with E-state index < -0.39 is 12.1 Å². The summed E-state index contributed by atoms with van der Waals surface area (Å²) >= 11 is 0. The first kappa shape index (κ1) is 13.7. The average Bonchev–Trinajstić information content (AvgIpc) is 2.37. The second-order valence-electron chi connectivity index (χ2n) is 4.96. The van der Waals surface area contributed by atoms with E-state index in [0.717, 1.165) is 5.56 Å². The summed E-state index contributed by atoms with van der Waals surface area (Å²) in [5, 5.41) is 9.10. The Bertz CT molecular complexity index is 502. The zero-order valence-corrected chi connectivity index (χ0v) is 10.7. The van der Waals surface area contributed by atoms with Crippen LogP contribution in [-0.2, 0) is 0 Å². The van der Waals surface area contributed by atoms with Gasteiger partial charge in [0.25, 0.3) is 0 Å². The number of benzene rings is 1. The first-order valence-electron chi connectivity index (χ1n) is 6.24. The highest BCUT2D eigenvalue weighted by Crippen LogP contribution is 2.35. The van der Waals surface area contributed by atoms with Crippen molar-refractivity contribution in [2.75, 3.05) is 18.0 Å². The van der Waals surface area contributed by atoms with Crippen LogP contribution in [0.3, 0.4) is 0 Å². The third-order valence-electron chi connectivity index (χ3n) is 3.50. The molecular formula is C14H15F3N2. The summed E-state index contributed by atoms with van der Waals surface area (Å²) < 4.78 is 38.4. The molecule has 1 saturated heterocycles. The van der Waals surface area contributed by atoms with E-state index in [9.17, 15) is 13.2 Å². The van der Waals surface area contributed by atoms with Crippen molar-refractivity contribution in [3.8, 4) is 6.07 Å². The zero-order valence-electron chi connectivity index (χ0n) is 10.7. The molecule has 0 aliphatic carbocycles. The molecule has 0 spiro atoms. The largest absolute Gasteiger partial charge is 0.393 e. The molecule has 0 amide bonds. The lowest BCUT2D eigenvalue weighted by Gasteiger charge is -2.35. The predicted molar refractivity (Wildman–Crippen MR) is 66.9 cm³/mol. The molecular weight excluding hydrogens is 253 g/mol. The van der Waals surface area contributed by atoms with Crippen LogP contribution in [0.25, 0.3) is 0 Å². The second-order valence-corrected chi connectivity index (χ2v) is 4.96. The minimum Gasteiger partial charge on any atom is -0.370 e. The third-order valence-corrected chi connectivity index (χ3v) is 3.50. The Morgan fingerprint density at radius 3 is 2.74 bits per heavy atom. The first-order chi connectivity index (χ1) is 8.91. The number of hydrogen-bond donors (Lipinski definition) is 0. The van der Waals surface area contributed by atoms with Gasteiger partial charge in [0.15, 0.2) is 0 Å². The van der Waals surface area contributed by atoms with E-state index >= 15 is 0 Å². The molecule has 1 heterocycles. The molecule has 0 aromatic heterocycles. The lowest BCUT2D eigenvalue weighted by molar-refractivity contribution is -0.175. The Hall–Kier alpha value is -1.70. The van der Waals surface area contributed by atoms with Crippen molar-refractivity contribution < 1.29 is 13.2 Å². The summed E-state index contributed by atoms with van der Waals surface area (Å²) in [5.74, 6) is -1.30. The highest BCUT2D eigenvalue weighted by molar-refractivity contribution is 5.60. The fraction of sp³-hybridized carbons (Fsp3) is 0.500. The maximum atomic E-state index is 12.8. The van der Waals surface area contributed by atoms with Gasteiger partial charge >= 0.3 is 6.18 Å². The molecule has 2 rings (SSSR count). The fourth-order valence-electron chi connectivity index (χ4n) is 2.48. The second kappa shape index (κ2) is 5.12. The number of halogens is 3. The summed E-state index contributed by atoms with van der Waals surface area (Å²) in [6, 6.07) is 7.35. The van der Waals surface area contributed by atoms with Crippen molar-refractivity contribution in [3.63, 3.8) is 0 Å². The van der Waals surface area contributed by atoms with Crippen LogP contribution in [0.1, 0.15) is 24.0 Å². The lowest BCUT2D eigenvalue weighted by atomic mass is 9.96. The standard InChI is InChI=1S/C14H15F3N2/c1-10-4-5-13(11(7-10)8-18)19-6-2-3-12(9-19)14(15,16)17/h4-5,7,12H,2-3,6,9H2,1H3. The zero-order chi connectivity index (χ0) is 14.0. The quantitative estimate of drug-likeness (QED) is 0.777. The van der Waals surface area contributed by atoms with Crippen LogP contribution in [0.15, 0.2) is 18.2 Å². The predicted octanol–water partition coefficient (Wildman–Crippen LogP) is 3.65. The Morgan fingerprint density at radius 2 is 2.11 bits per heavy atom. The summed E-state index contributed by atoms with van der Waals surface area (Å²) in [4.78, 5) is 1.68. The molecule has 0 N–H and O–H groups in total. The van der Waals surface area contributed by atoms with E-state index in [0.29, 0.717) is 24.2 Å². The Kier molecular flexibility index (Phi) is 3.70. The Morgan fingerprint density at radius 1 is 1.37 bits per heavy atom. The Labute approximate surface area is 110 Å². The summed E-state index contributed by atoms with van der Waals surface area (Å²) in [6.45, 7) is 2.38. The topological polar surface area (TPSA) is 27.0 Å². The molecule has 1 aliphatic heterocycles. The van der Waals surface area contributed by atoms with Crippen LogP contribution in [0.2, 0.25) is 0 Å². The lowest BCUT2D eigenvalue weighted by Crippen LogP contribution is -2.42. The average molecular weight is 268 g/mol. The van der Waals surface area contributed by atoms with Gasteiger partial charge in [-0.2, -0.15) is 18.4 Å². The number of aryl methyl sites for hydroxylation is 1. The normalized spacial score (nSPS) is 20.2. The molecule has 0 bridgehead atoms. The van der Waals surface area contributed by atoms with Crippen LogP contribution >= 0.6 is 0 Å². The molecule has 1 aromatic rings. The highest BCUT2D eigenvalue weighted by Gasteiger charge is 2.42. The maximum absolute atomic E-state index is 12.8. The third kappa shape index (κ3) is 3.01. The highest BCUT2D eigenvalue weighted by atomic mass is 19.4.